The van der Waals surface area contributed by atoms with Crippen molar-refractivity contribution in [1.82, 2.24) is 4.98 Å². The second-order valence-corrected chi connectivity index (χ2v) is 5.94. The molecule has 2 heterocycles. The zero-order valence-electron chi connectivity index (χ0n) is 12.4. The minimum absolute atomic E-state index is 0.271. The van der Waals surface area contributed by atoms with Gasteiger partial charge in [-0.1, -0.05) is 18.5 Å². The smallest absolute Gasteiger partial charge is 0.266 e. The van der Waals surface area contributed by atoms with Crippen molar-refractivity contribution in [2.45, 2.75) is 13.3 Å². The van der Waals surface area contributed by atoms with Crippen molar-refractivity contribution in [1.29, 1.82) is 0 Å². The summed E-state index contributed by atoms with van der Waals surface area (Å²) in [5.74, 6) is -0.556. The predicted molar refractivity (Wildman–Crippen MR) is 90.3 cm³/mol. The number of imide groups is 1. The Hall–Kier alpha value is -2.59. The summed E-state index contributed by atoms with van der Waals surface area (Å²) in [5, 5.41) is 1.35. The molecule has 0 bridgehead atoms. The Balaban J connectivity index is 1.96. The molecular formula is C18H13ClN2O2. The van der Waals surface area contributed by atoms with Gasteiger partial charge in [0, 0.05) is 22.1 Å². The molecular weight excluding hydrogens is 312 g/mol. The molecule has 1 aliphatic rings. The van der Waals surface area contributed by atoms with Crippen LogP contribution in [0.2, 0.25) is 5.02 Å². The molecule has 0 aliphatic carbocycles. The molecule has 0 saturated heterocycles. The van der Waals surface area contributed by atoms with Crippen LogP contribution in [0.1, 0.15) is 33.2 Å². The number of aromatic nitrogens is 1. The fourth-order valence-electron chi connectivity index (χ4n) is 3.15. The quantitative estimate of drug-likeness (QED) is 0.719. The van der Waals surface area contributed by atoms with Crippen molar-refractivity contribution < 1.29 is 9.59 Å². The normalized spacial score (nSPS) is 13.9. The Kier molecular flexibility index (Phi) is 3.03. The monoisotopic (exact) mass is 324 g/mol. The predicted octanol–water partition coefficient (Wildman–Crippen LogP) is 4.18. The minimum atomic E-state index is -0.285. The average Bonchev–Trinajstić information content (AvgIpc) is 3.11. The number of benzene rings is 2. The number of carbonyl (C=O) groups is 2. The molecule has 0 atom stereocenters. The van der Waals surface area contributed by atoms with Gasteiger partial charge in [-0.3, -0.25) is 9.59 Å². The average molecular weight is 325 g/mol. The third kappa shape index (κ3) is 1.92. The van der Waals surface area contributed by atoms with E-state index in [9.17, 15) is 9.59 Å². The number of aryl methyl sites for hydroxylation is 1. The first-order valence-electron chi connectivity index (χ1n) is 7.39. The molecule has 3 aromatic rings. The van der Waals surface area contributed by atoms with Gasteiger partial charge < -0.3 is 4.98 Å². The summed E-state index contributed by atoms with van der Waals surface area (Å²) in [4.78, 5) is 30.2. The molecule has 1 N–H and O–H groups in total. The summed E-state index contributed by atoms with van der Waals surface area (Å²) < 4.78 is 0. The van der Waals surface area contributed by atoms with Crippen LogP contribution in [0.15, 0.2) is 42.6 Å². The fourth-order valence-corrected chi connectivity index (χ4v) is 3.27. The highest BCUT2D eigenvalue weighted by atomic mass is 35.5. The van der Waals surface area contributed by atoms with Crippen LogP contribution in [-0.2, 0) is 6.42 Å². The number of rotatable bonds is 2. The number of hydrogen-bond acceptors (Lipinski definition) is 2. The molecule has 0 spiro atoms. The van der Waals surface area contributed by atoms with Crippen LogP contribution in [-0.4, -0.2) is 16.8 Å². The number of amides is 2. The first-order chi connectivity index (χ1) is 11.1. The maximum Gasteiger partial charge on any atom is 0.266 e. The zero-order chi connectivity index (χ0) is 16.1. The molecule has 5 heteroatoms. The molecule has 4 nitrogen and oxygen atoms in total. The number of aromatic amines is 1. The van der Waals surface area contributed by atoms with E-state index in [4.69, 9.17) is 11.6 Å². The summed E-state index contributed by atoms with van der Waals surface area (Å²) in [5.41, 5.74) is 3.29. The number of fused-ring (bicyclic) bond motifs is 3. The van der Waals surface area contributed by atoms with Crippen LogP contribution < -0.4 is 4.90 Å². The van der Waals surface area contributed by atoms with Gasteiger partial charge in [-0.2, -0.15) is 0 Å². The highest BCUT2D eigenvalue weighted by molar-refractivity contribution is 6.38. The Morgan fingerprint density at radius 2 is 1.74 bits per heavy atom. The highest BCUT2D eigenvalue weighted by Crippen LogP contribution is 2.36. The number of anilines is 1. The minimum Gasteiger partial charge on any atom is -0.361 e. The maximum atomic E-state index is 12.9. The number of nitrogens with zero attached hydrogens (tertiary/aromatic N) is 1. The van der Waals surface area contributed by atoms with Gasteiger partial charge in [0.15, 0.2) is 0 Å². The van der Waals surface area contributed by atoms with Crippen molar-refractivity contribution in [3.8, 4) is 0 Å². The molecule has 0 unspecified atom stereocenters. The van der Waals surface area contributed by atoms with Gasteiger partial charge in [0.1, 0.15) is 0 Å². The first-order valence-corrected chi connectivity index (χ1v) is 7.77. The van der Waals surface area contributed by atoms with Crippen molar-refractivity contribution in [3.63, 3.8) is 0 Å². The third-order valence-corrected chi connectivity index (χ3v) is 4.49. The van der Waals surface area contributed by atoms with E-state index in [1.807, 2.05) is 19.1 Å². The topological polar surface area (TPSA) is 53.2 Å². The lowest BCUT2D eigenvalue weighted by molar-refractivity contribution is 0.0926. The molecule has 1 aliphatic heterocycles. The van der Waals surface area contributed by atoms with Gasteiger partial charge >= 0.3 is 0 Å². The van der Waals surface area contributed by atoms with Crippen LogP contribution in [0.25, 0.3) is 10.9 Å². The molecule has 23 heavy (non-hydrogen) atoms. The molecule has 0 radical (unpaired) electrons. The third-order valence-electron chi connectivity index (χ3n) is 4.24. The van der Waals surface area contributed by atoms with Crippen molar-refractivity contribution in [3.05, 3.63) is 64.3 Å². The van der Waals surface area contributed by atoms with Crippen molar-refractivity contribution >= 4 is 40.0 Å². The molecule has 2 amide bonds. The standard InChI is InChI=1S/C18H13ClN2O2/c1-2-10-9-14-13(7-8-20-14)16-15(10)17(22)21(18(16)23)12-5-3-11(19)4-6-12/h3-9,20H,2H2,1H3. The number of hydrogen-bond donors (Lipinski definition) is 1. The van der Waals surface area contributed by atoms with E-state index >= 15 is 0 Å². The Morgan fingerprint density at radius 1 is 1.04 bits per heavy atom. The zero-order valence-corrected chi connectivity index (χ0v) is 13.1. The number of carbonyl (C=O) groups excluding carboxylic acids is 2. The van der Waals surface area contributed by atoms with Crippen LogP contribution >= 0.6 is 11.6 Å². The molecule has 0 fully saturated rings. The van der Waals surface area contributed by atoms with Crippen molar-refractivity contribution in [2.24, 2.45) is 0 Å². The largest absolute Gasteiger partial charge is 0.361 e. The van der Waals surface area contributed by atoms with E-state index in [1.54, 1.807) is 30.5 Å². The van der Waals surface area contributed by atoms with E-state index in [0.29, 0.717) is 28.3 Å². The van der Waals surface area contributed by atoms with E-state index in [1.165, 1.54) is 4.90 Å². The van der Waals surface area contributed by atoms with E-state index in [2.05, 4.69) is 4.98 Å². The fraction of sp³-hybridized carbons (Fsp3) is 0.111. The summed E-state index contributed by atoms with van der Waals surface area (Å²) in [6.45, 7) is 1.98. The summed E-state index contributed by atoms with van der Waals surface area (Å²) in [6, 6.07) is 10.5. The van der Waals surface area contributed by atoms with E-state index in [0.717, 1.165) is 16.5 Å². The number of H-pyrrole nitrogens is 1. The van der Waals surface area contributed by atoms with Gasteiger partial charge in [-0.25, -0.2) is 4.90 Å². The lowest BCUT2D eigenvalue weighted by Crippen LogP contribution is -2.29. The van der Waals surface area contributed by atoms with Crippen LogP contribution in [0.3, 0.4) is 0 Å². The molecule has 0 saturated carbocycles. The summed E-state index contributed by atoms with van der Waals surface area (Å²) in [7, 11) is 0. The SMILES string of the molecule is CCc1cc2[nH]ccc2c2c1C(=O)N(c1ccc(Cl)cc1)C2=O. The first kappa shape index (κ1) is 14.0. The summed E-state index contributed by atoms with van der Waals surface area (Å²) >= 11 is 5.90. The molecule has 2 aromatic carbocycles. The maximum absolute atomic E-state index is 12.9. The second kappa shape index (κ2) is 4.96. The molecule has 1 aromatic heterocycles. The van der Waals surface area contributed by atoms with Gasteiger partial charge in [-0.15, -0.1) is 0 Å². The summed E-state index contributed by atoms with van der Waals surface area (Å²) in [6.07, 6.45) is 2.47. The van der Waals surface area contributed by atoms with Gasteiger partial charge in [0.2, 0.25) is 0 Å². The van der Waals surface area contributed by atoms with E-state index < -0.39 is 0 Å². The molecule has 4 rings (SSSR count). The number of halogens is 1. The van der Waals surface area contributed by atoms with Crippen molar-refractivity contribution in [2.75, 3.05) is 4.90 Å². The number of nitrogens with one attached hydrogen (secondary N) is 1. The lowest BCUT2D eigenvalue weighted by atomic mass is 9.97. The van der Waals surface area contributed by atoms with Crippen LogP contribution in [0.4, 0.5) is 5.69 Å². The highest BCUT2D eigenvalue weighted by Gasteiger charge is 2.39. The van der Waals surface area contributed by atoms with Crippen LogP contribution in [0, 0.1) is 0 Å². The van der Waals surface area contributed by atoms with E-state index in [-0.39, 0.29) is 11.8 Å². The van der Waals surface area contributed by atoms with Gasteiger partial charge in [0.05, 0.1) is 16.8 Å². The second-order valence-electron chi connectivity index (χ2n) is 5.50. The van der Waals surface area contributed by atoms with Gasteiger partial charge in [0.25, 0.3) is 11.8 Å². The Morgan fingerprint density at radius 3 is 2.43 bits per heavy atom. The molecule has 114 valence electrons. The van der Waals surface area contributed by atoms with Gasteiger partial charge in [-0.05, 0) is 48.4 Å². The Bertz CT molecular complexity index is 957. The Labute approximate surface area is 137 Å². The van der Waals surface area contributed by atoms with Crippen LogP contribution in [0.5, 0.6) is 0 Å². The lowest BCUT2D eigenvalue weighted by Gasteiger charge is -2.13.